The molecule has 0 aliphatic carbocycles. The first-order valence-electron chi connectivity index (χ1n) is 10.1. The molecule has 1 aliphatic rings. The zero-order chi connectivity index (χ0) is 20.4. The van der Waals surface area contributed by atoms with E-state index >= 15 is 0 Å². The maximum atomic E-state index is 12.9. The Balaban J connectivity index is 1.87. The molecule has 4 nitrogen and oxygen atoms in total. The van der Waals surface area contributed by atoms with Crippen LogP contribution in [0.25, 0.3) is 0 Å². The molecule has 0 saturated carbocycles. The second-order valence-electron chi connectivity index (χ2n) is 8.30. The minimum absolute atomic E-state index is 0.0277. The number of hydrogen-bond acceptors (Lipinski definition) is 2. The molecule has 3 rings (SSSR count). The number of anilines is 2. The van der Waals surface area contributed by atoms with Gasteiger partial charge < -0.3 is 10.2 Å². The molecule has 0 radical (unpaired) electrons. The van der Waals surface area contributed by atoms with Crippen LogP contribution >= 0.6 is 0 Å². The van der Waals surface area contributed by atoms with Crippen LogP contribution in [-0.4, -0.2) is 18.4 Å². The van der Waals surface area contributed by atoms with E-state index in [0.29, 0.717) is 18.4 Å². The van der Waals surface area contributed by atoms with Crippen LogP contribution in [0.2, 0.25) is 0 Å². The highest BCUT2D eigenvalue weighted by Gasteiger charge is 2.37. The van der Waals surface area contributed by atoms with Crippen LogP contribution in [0.1, 0.15) is 62.6 Å². The van der Waals surface area contributed by atoms with E-state index in [1.807, 2.05) is 36.1 Å². The molecule has 0 aromatic heterocycles. The first-order valence-corrected chi connectivity index (χ1v) is 10.1. The number of carbonyl (C=O) groups excluding carboxylic acids is 2. The third-order valence-corrected chi connectivity index (χ3v) is 5.51. The molecule has 1 fully saturated rings. The van der Waals surface area contributed by atoms with Crippen LogP contribution in [0.5, 0.6) is 0 Å². The summed E-state index contributed by atoms with van der Waals surface area (Å²) < 4.78 is 0. The van der Waals surface area contributed by atoms with Crippen LogP contribution < -0.4 is 10.2 Å². The molecule has 2 aromatic rings. The van der Waals surface area contributed by atoms with Crippen molar-refractivity contribution < 1.29 is 9.59 Å². The maximum Gasteiger partial charge on any atom is 0.229 e. The standard InChI is InChI=1S/C24H30N2O2/c1-15(2)19-10-8-11-20(16(3)4)23(19)26-14-18(13-22(26)27)24(28)25-21-12-7-6-9-17(21)5/h6-12,15-16,18H,13-14H2,1-5H3,(H,25,28). The number of carbonyl (C=O) groups is 2. The van der Waals surface area contributed by atoms with E-state index in [9.17, 15) is 9.59 Å². The third kappa shape index (κ3) is 3.96. The summed E-state index contributed by atoms with van der Waals surface area (Å²) in [4.78, 5) is 27.6. The molecule has 1 atom stereocenters. The number of nitrogens with one attached hydrogen (secondary N) is 1. The molecule has 0 bridgehead atoms. The number of benzene rings is 2. The van der Waals surface area contributed by atoms with Gasteiger partial charge in [-0.25, -0.2) is 0 Å². The minimum atomic E-state index is -0.340. The number of para-hydroxylation sites is 2. The van der Waals surface area contributed by atoms with Gasteiger partial charge in [-0.05, 0) is 41.5 Å². The molecule has 28 heavy (non-hydrogen) atoms. The van der Waals surface area contributed by atoms with Gasteiger partial charge in [-0.3, -0.25) is 9.59 Å². The summed E-state index contributed by atoms with van der Waals surface area (Å²) in [6.45, 7) is 11.0. The van der Waals surface area contributed by atoms with Gasteiger partial charge in [0.15, 0.2) is 0 Å². The normalized spacial score (nSPS) is 16.9. The Hall–Kier alpha value is -2.62. The molecular formula is C24H30N2O2. The lowest BCUT2D eigenvalue weighted by Gasteiger charge is -2.27. The zero-order valence-electron chi connectivity index (χ0n) is 17.5. The Bertz CT molecular complexity index is 860. The van der Waals surface area contributed by atoms with Crippen molar-refractivity contribution >= 4 is 23.2 Å². The summed E-state index contributed by atoms with van der Waals surface area (Å²) in [5, 5.41) is 3.00. The summed E-state index contributed by atoms with van der Waals surface area (Å²) >= 11 is 0. The molecule has 2 aromatic carbocycles. The predicted octanol–water partition coefficient (Wildman–Crippen LogP) is 5.23. The Morgan fingerprint density at radius 3 is 2.18 bits per heavy atom. The Kier molecular flexibility index (Phi) is 5.87. The van der Waals surface area contributed by atoms with Gasteiger partial charge in [-0.1, -0.05) is 64.1 Å². The van der Waals surface area contributed by atoms with Crippen LogP contribution in [0.15, 0.2) is 42.5 Å². The summed E-state index contributed by atoms with van der Waals surface area (Å²) in [6, 6.07) is 14.0. The van der Waals surface area contributed by atoms with Crippen molar-refractivity contribution in [3.63, 3.8) is 0 Å². The summed E-state index contributed by atoms with van der Waals surface area (Å²) in [6.07, 6.45) is 0.252. The smallest absolute Gasteiger partial charge is 0.229 e. The monoisotopic (exact) mass is 378 g/mol. The minimum Gasteiger partial charge on any atom is -0.326 e. The van der Waals surface area contributed by atoms with Gasteiger partial charge in [0.05, 0.1) is 11.6 Å². The highest BCUT2D eigenvalue weighted by atomic mass is 16.2. The van der Waals surface area contributed by atoms with Crippen LogP contribution in [0, 0.1) is 12.8 Å². The molecule has 1 aliphatic heterocycles. The highest BCUT2D eigenvalue weighted by Crippen LogP contribution is 2.38. The summed E-state index contributed by atoms with van der Waals surface area (Å²) in [5.41, 5.74) is 5.16. The van der Waals surface area contributed by atoms with E-state index in [0.717, 1.165) is 16.9 Å². The van der Waals surface area contributed by atoms with Gasteiger partial charge in [0.25, 0.3) is 0 Å². The van der Waals surface area contributed by atoms with Gasteiger partial charge in [0, 0.05) is 18.7 Å². The first-order chi connectivity index (χ1) is 13.3. The van der Waals surface area contributed by atoms with Gasteiger partial charge in [-0.15, -0.1) is 0 Å². The number of aryl methyl sites for hydroxylation is 1. The van der Waals surface area contributed by atoms with Crippen molar-refractivity contribution in [1.29, 1.82) is 0 Å². The quantitative estimate of drug-likeness (QED) is 0.774. The van der Waals surface area contributed by atoms with Crippen LogP contribution in [-0.2, 0) is 9.59 Å². The fraction of sp³-hybridized carbons (Fsp3) is 0.417. The largest absolute Gasteiger partial charge is 0.326 e. The number of hydrogen-bond donors (Lipinski definition) is 1. The Labute approximate surface area is 167 Å². The molecule has 2 amide bonds. The lowest BCUT2D eigenvalue weighted by Crippen LogP contribution is -2.30. The molecule has 1 N–H and O–H groups in total. The van der Waals surface area contributed by atoms with E-state index in [-0.39, 0.29) is 24.2 Å². The van der Waals surface area contributed by atoms with E-state index in [1.54, 1.807) is 0 Å². The van der Waals surface area contributed by atoms with Crippen molar-refractivity contribution in [2.75, 3.05) is 16.8 Å². The Morgan fingerprint density at radius 2 is 1.61 bits per heavy atom. The molecule has 1 saturated heterocycles. The number of rotatable bonds is 5. The van der Waals surface area contributed by atoms with Crippen LogP contribution in [0.4, 0.5) is 11.4 Å². The van der Waals surface area contributed by atoms with E-state index < -0.39 is 0 Å². The van der Waals surface area contributed by atoms with E-state index in [2.05, 4.69) is 51.2 Å². The van der Waals surface area contributed by atoms with Gasteiger partial charge in [0.2, 0.25) is 11.8 Å². The third-order valence-electron chi connectivity index (χ3n) is 5.51. The van der Waals surface area contributed by atoms with Crippen molar-refractivity contribution in [2.45, 2.75) is 52.9 Å². The predicted molar refractivity (Wildman–Crippen MR) is 115 cm³/mol. The van der Waals surface area contributed by atoms with Crippen molar-refractivity contribution in [3.8, 4) is 0 Å². The summed E-state index contributed by atoms with van der Waals surface area (Å²) in [5.74, 6) is 0.216. The molecule has 0 spiro atoms. The highest BCUT2D eigenvalue weighted by molar-refractivity contribution is 6.04. The molecule has 1 unspecified atom stereocenters. The van der Waals surface area contributed by atoms with Gasteiger partial charge >= 0.3 is 0 Å². The van der Waals surface area contributed by atoms with Gasteiger partial charge in [-0.2, -0.15) is 0 Å². The second kappa shape index (κ2) is 8.17. The zero-order valence-corrected chi connectivity index (χ0v) is 17.5. The fourth-order valence-corrected chi connectivity index (χ4v) is 3.87. The second-order valence-corrected chi connectivity index (χ2v) is 8.30. The summed E-state index contributed by atoms with van der Waals surface area (Å²) in [7, 11) is 0. The molecule has 1 heterocycles. The number of nitrogens with zero attached hydrogens (tertiary/aromatic N) is 1. The first kappa shape index (κ1) is 20.1. The average molecular weight is 379 g/mol. The van der Waals surface area contributed by atoms with E-state index in [4.69, 9.17) is 0 Å². The maximum absolute atomic E-state index is 12.9. The van der Waals surface area contributed by atoms with Crippen molar-refractivity contribution in [1.82, 2.24) is 0 Å². The molecule has 148 valence electrons. The molecular weight excluding hydrogens is 348 g/mol. The molecule has 4 heteroatoms. The number of amides is 2. The van der Waals surface area contributed by atoms with Crippen molar-refractivity contribution in [3.05, 3.63) is 59.2 Å². The SMILES string of the molecule is Cc1ccccc1NC(=O)C1CC(=O)N(c2c(C(C)C)cccc2C(C)C)C1. The average Bonchev–Trinajstić information content (AvgIpc) is 3.04. The van der Waals surface area contributed by atoms with E-state index in [1.165, 1.54) is 11.1 Å². The fourth-order valence-electron chi connectivity index (χ4n) is 3.87. The topological polar surface area (TPSA) is 49.4 Å². The lowest BCUT2D eigenvalue weighted by molar-refractivity contribution is -0.122. The lowest BCUT2D eigenvalue weighted by atomic mass is 9.92. The van der Waals surface area contributed by atoms with Crippen molar-refractivity contribution in [2.24, 2.45) is 5.92 Å². The van der Waals surface area contributed by atoms with Crippen LogP contribution in [0.3, 0.4) is 0 Å². The Morgan fingerprint density at radius 1 is 1.00 bits per heavy atom. The van der Waals surface area contributed by atoms with Gasteiger partial charge in [0.1, 0.15) is 0 Å².